The maximum Gasteiger partial charge on any atom is 0.130 e. The van der Waals surface area contributed by atoms with E-state index in [4.69, 9.17) is 4.74 Å². The van der Waals surface area contributed by atoms with Crippen LogP contribution in [-0.4, -0.2) is 17.3 Å². The first-order chi connectivity index (χ1) is 10.7. The minimum absolute atomic E-state index is 0.340. The number of aliphatic hydroxyl groups excluding tert-OH is 2. The Morgan fingerprint density at radius 3 is 2.23 bits per heavy atom. The Hall–Kier alpha value is -1.90. The van der Waals surface area contributed by atoms with Crippen LogP contribution < -0.4 is 4.74 Å². The van der Waals surface area contributed by atoms with Gasteiger partial charge in [-0.1, -0.05) is 12.1 Å². The van der Waals surface area contributed by atoms with Gasteiger partial charge in [0.25, 0.3) is 0 Å². The minimum atomic E-state index is 0.340. The van der Waals surface area contributed by atoms with Gasteiger partial charge in [0.1, 0.15) is 17.3 Å². The molecule has 1 aromatic carbocycles. The number of rotatable bonds is 1. The van der Waals surface area contributed by atoms with Crippen molar-refractivity contribution in [3.05, 3.63) is 40.5 Å². The van der Waals surface area contributed by atoms with E-state index in [1.54, 1.807) is 7.11 Å². The Labute approximate surface area is 130 Å². The van der Waals surface area contributed by atoms with Gasteiger partial charge in [0.2, 0.25) is 0 Å². The molecular formula is C19H22O3. The second-order valence-electron chi connectivity index (χ2n) is 6.63. The zero-order valence-corrected chi connectivity index (χ0v) is 12.9. The second-order valence-corrected chi connectivity index (χ2v) is 6.63. The summed E-state index contributed by atoms with van der Waals surface area (Å²) < 4.78 is 5.46. The predicted octanol–water partition coefficient (Wildman–Crippen LogP) is 4.85. The Kier molecular flexibility index (Phi) is 3.17. The smallest absolute Gasteiger partial charge is 0.130 e. The maximum atomic E-state index is 11.0. The quantitative estimate of drug-likeness (QED) is 0.779. The van der Waals surface area contributed by atoms with Gasteiger partial charge in [-0.25, -0.2) is 0 Å². The molecule has 0 radical (unpaired) electrons. The lowest BCUT2D eigenvalue weighted by Crippen LogP contribution is -2.17. The summed E-state index contributed by atoms with van der Waals surface area (Å²) in [6, 6.07) is 5.62. The highest BCUT2D eigenvalue weighted by Gasteiger charge is 2.40. The summed E-state index contributed by atoms with van der Waals surface area (Å²) in [5.41, 5.74) is 3.74. The van der Waals surface area contributed by atoms with E-state index in [1.165, 1.54) is 11.1 Å². The number of benzene rings is 1. The molecule has 0 aliphatic heterocycles. The number of hydrogen-bond acceptors (Lipinski definition) is 3. The van der Waals surface area contributed by atoms with E-state index in [1.807, 2.05) is 18.2 Å². The van der Waals surface area contributed by atoms with Crippen LogP contribution in [0, 0.1) is 11.8 Å². The van der Waals surface area contributed by atoms with Gasteiger partial charge in [0, 0.05) is 5.56 Å². The molecule has 2 unspecified atom stereocenters. The average Bonchev–Trinajstić information content (AvgIpc) is 3.19. The zero-order chi connectivity index (χ0) is 15.3. The highest BCUT2D eigenvalue weighted by atomic mass is 16.5. The Morgan fingerprint density at radius 1 is 0.955 bits per heavy atom. The van der Waals surface area contributed by atoms with Crippen LogP contribution in [0.5, 0.6) is 5.75 Å². The molecule has 2 atom stereocenters. The molecule has 0 saturated heterocycles. The van der Waals surface area contributed by atoms with Gasteiger partial charge in [-0.15, -0.1) is 0 Å². The van der Waals surface area contributed by atoms with Gasteiger partial charge in [-0.2, -0.15) is 0 Å². The van der Waals surface area contributed by atoms with Crippen molar-refractivity contribution >= 4 is 11.5 Å². The first-order valence-corrected chi connectivity index (χ1v) is 8.24. The van der Waals surface area contributed by atoms with Gasteiger partial charge in [-0.3, -0.25) is 0 Å². The fraction of sp³-hybridized carbons (Fsp3) is 0.474. The van der Waals surface area contributed by atoms with Crippen molar-refractivity contribution in [1.82, 2.24) is 0 Å². The van der Waals surface area contributed by atoms with E-state index in [2.05, 4.69) is 0 Å². The molecule has 3 aliphatic rings. The van der Waals surface area contributed by atoms with Crippen molar-refractivity contribution in [2.24, 2.45) is 11.8 Å². The largest absolute Gasteiger partial charge is 0.507 e. The maximum absolute atomic E-state index is 11.0. The van der Waals surface area contributed by atoms with Crippen LogP contribution in [0.2, 0.25) is 0 Å². The summed E-state index contributed by atoms with van der Waals surface area (Å²) in [4.78, 5) is 0. The molecule has 2 fully saturated rings. The van der Waals surface area contributed by atoms with Crippen LogP contribution in [0.1, 0.15) is 49.7 Å². The van der Waals surface area contributed by atoms with Crippen LogP contribution in [0.4, 0.5) is 0 Å². The Morgan fingerprint density at radius 2 is 1.59 bits per heavy atom. The third kappa shape index (κ3) is 1.81. The average molecular weight is 298 g/mol. The van der Waals surface area contributed by atoms with Crippen molar-refractivity contribution in [2.45, 2.75) is 38.5 Å². The topological polar surface area (TPSA) is 49.7 Å². The molecular weight excluding hydrogens is 276 g/mol. The fourth-order valence-electron chi connectivity index (χ4n) is 4.70. The first kappa shape index (κ1) is 13.7. The molecule has 4 rings (SSSR count). The molecule has 116 valence electrons. The lowest BCUT2D eigenvalue weighted by molar-refractivity contribution is 0.397. The molecule has 2 N–H and O–H groups in total. The summed E-state index contributed by atoms with van der Waals surface area (Å²) >= 11 is 0. The van der Waals surface area contributed by atoms with Crippen molar-refractivity contribution in [2.75, 3.05) is 7.11 Å². The Balaban J connectivity index is 2.04. The van der Waals surface area contributed by atoms with Gasteiger partial charge in [0.05, 0.1) is 12.7 Å². The number of aliphatic hydroxyl groups is 2. The molecule has 0 spiro atoms. The van der Waals surface area contributed by atoms with Gasteiger partial charge >= 0.3 is 0 Å². The summed E-state index contributed by atoms with van der Waals surface area (Å²) in [6.07, 6.45) is 6.43. The number of methoxy groups -OCH3 is 1. The molecule has 3 aliphatic carbocycles. The molecule has 3 nitrogen and oxygen atoms in total. The van der Waals surface area contributed by atoms with Crippen LogP contribution in [-0.2, 0) is 0 Å². The number of allylic oxidation sites excluding steroid dienone is 2. The number of hydrogen-bond donors (Lipinski definition) is 2. The predicted molar refractivity (Wildman–Crippen MR) is 86.8 cm³/mol. The summed E-state index contributed by atoms with van der Waals surface area (Å²) in [6.45, 7) is 0. The van der Waals surface area contributed by atoms with Crippen LogP contribution >= 0.6 is 0 Å². The second kappa shape index (κ2) is 5.08. The third-order valence-corrected chi connectivity index (χ3v) is 5.65. The third-order valence-electron chi connectivity index (χ3n) is 5.65. The van der Waals surface area contributed by atoms with E-state index in [0.717, 1.165) is 44.1 Å². The Bertz CT molecular complexity index is 684. The normalized spacial score (nSPS) is 33.7. The molecule has 1 aromatic rings. The van der Waals surface area contributed by atoms with Crippen molar-refractivity contribution < 1.29 is 14.9 Å². The standard InChI is InChI=1S/C19H22O3/c1-22-16-10-4-9-15-17(16)19(21)14-8-3-6-12(14)11-5-2-7-13(11)18(15)20/h4,9-12,20-21H,2-3,5-8H2,1H3/b18-13+,19-14+. The SMILES string of the molecule is COc1cccc2c1/C(O)=C1/CCCC1C1CCC/C1=C/2O. The van der Waals surface area contributed by atoms with Gasteiger partial charge in [-0.05, 0) is 67.6 Å². The molecule has 0 heterocycles. The first-order valence-electron chi connectivity index (χ1n) is 8.24. The molecule has 2 saturated carbocycles. The van der Waals surface area contributed by atoms with E-state index in [9.17, 15) is 10.2 Å². The summed E-state index contributed by atoms with van der Waals surface area (Å²) in [7, 11) is 1.61. The number of ether oxygens (including phenoxy) is 1. The monoisotopic (exact) mass is 298 g/mol. The molecule has 3 heteroatoms. The fourth-order valence-corrected chi connectivity index (χ4v) is 4.70. The molecule has 22 heavy (non-hydrogen) atoms. The van der Waals surface area contributed by atoms with E-state index in [-0.39, 0.29) is 0 Å². The zero-order valence-electron chi connectivity index (χ0n) is 12.9. The summed E-state index contributed by atoms with van der Waals surface area (Å²) in [5, 5.41) is 21.8. The summed E-state index contributed by atoms with van der Waals surface area (Å²) in [5.74, 6) is 2.13. The van der Waals surface area contributed by atoms with Crippen LogP contribution in [0.25, 0.3) is 11.5 Å². The van der Waals surface area contributed by atoms with Gasteiger partial charge < -0.3 is 14.9 Å². The lowest BCUT2D eigenvalue weighted by atomic mass is 9.79. The molecule has 0 amide bonds. The highest BCUT2D eigenvalue weighted by molar-refractivity contribution is 5.81. The number of fused-ring (bicyclic) bond motifs is 4. The highest BCUT2D eigenvalue weighted by Crippen LogP contribution is 2.52. The van der Waals surface area contributed by atoms with Crippen molar-refractivity contribution in [1.29, 1.82) is 0 Å². The van der Waals surface area contributed by atoms with E-state index >= 15 is 0 Å². The molecule has 0 bridgehead atoms. The van der Waals surface area contributed by atoms with Crippen molar-refractivity contribution in [3.63, 3.8) is 0 Å². The minimum Gasteiger partial charge on any atom is -0.507 e. The van der Waals surface area contributed by atoms with Crippen molar-refractivity contribution in [3.8, 4) is 5.75 Å². The van der Waals surface area contributed by atoms with Crippen LogP contribution in [0.15, 0.2) is 29.3 Å². The van der Waals surface area contributed by atoms with Crippen LogP contribution in [0.3, 0.4) is 0 Å². The lowest BCUT2D eigenvalue weighted by Gasteiger charge is -2.27. The van der Waals surface area contributed by atoms with Gasteiger partial charge in [0.15, 0.2) is 0 Å². The molecule has 0 aromatic heterocycles. The van der Waals surface area contributed by atoms with E-state index < -0.39 is 0 Å². The van der Waals surface area contributed by atoms with E-state index in [0.29, 0.717) is 34.7 Å².